The van der Waals surface area contributed by atoms with Crippen LogP contribution in [0, 0.1) is 0 Å². The molecule has 3 heterocycles. The molecule has 0 spiro atoms. The molecule has 0 aliphatic carbocycles. The number of aromatic nitrogens is 2. The summed E-state index contributed by atoms with van der Waals surface area (Å²) in [6.45, 7) is 0.0988. The number of aromatic carboxylic acids is 1. The summed E-state index contributed by atoms with van der Waals surface area (Å²) in [6, 6.07) is 8.92. The van der Waals surface area contributed by atoms with Crippen LogP contribution in [0.1, 0.15) is 25.7 Å². The highest BCUT2D eigenvalue weighted by Crippen LogP contribution is 2.39. The van der Waals surface area contributed by atoms with Crippen molar-refractivity contribution in [2.75, 3.05) is 7.11 Å². The Morgan fingerprint density at radius 2 is 2.11 bits per heavy atom. The minimum Gasteiger partial charge on any atom is -0.477 e. The number of aldehydes is 1. The fourth-order valence-corrected chi connectivity index (χ4v) is 3.77. The van der Waals surface area contributed by atoms with Crippen LogP contribution in [0.25, 0.3) is 21.8 Å². The Morgan fingerprint density at radius 3 is 2.81 bits per heavy atom. The van der Waals surface area contributed by atoms with E-state index in [0.717, 1.165) is 17.2 Å². The van der Waals surface area contributed by atoms with Crippen molar-refractivity contribution in [1.29, 1.82) is 0 Å². The van der Waals surface area contributed by atoms with E-state index in [0.29, 0.717) is 32.2 Å². The molecule has 2 N–H and O–H groups in total. The molecule has 4 aromatic rings. The molecule has 0 radical (unpaired) electrons. The summed E-state index contributed by atoms with van der Waals surface area (Å²) in [7, 11) is 1.50. The third kappa shape index (κ3) is 2.94. The zero-order chi connectivity index (χ0) is 19.0. The fourth-order valence-electron chi connectivity index (χ4n) is 3.09. The van der Waals surface area contributed by atoms with Gasteiger partial charge in [-0.15, -0.1) is 0 Å². The van der Waals surface area contributed by atoms with E-state index in [1.54, 1.807) is 18.2 Å². The molecule has 0 amide bonds. The van der Waals surface area contributed by atoms with Gasteiger partial charge in [-0.3, -0.25) is 4.79 Å². The number of thiophene rings is 1. The van der Waals surface area contributed by atoms with Crippen molar-refractivity contribution in [3.8, 4) is 10.8 Å². The first-order chi connectivity index (χ1) is 13.1. The number of nitrogens with one attached hydrogen (secondary N) is 1. The number of ether oxygens (including phenoxy) is 2. The number of aromatic amines is 1. The predicted molar refractivity (Wildman–Crippen MR) is 101 cm³/mol. The Labute approximate surface area is 157 Å². The summed E-state index contributed by atoms with van der Waals surface area (Å²) in [5.74, 6) is -0.566. The minimum atomic E-state index is -1.12. The van der Waals surface area contributed by atoms with Gasteiger partial charge in [-0.2, -0.15) is 0 Å². The van der Waals surface area contributed by atoms with Crippen LogP contribution in [0.15, 0.2) is 36.5 Å². The van der Waals surface area contributed by atoms with Crippen LogP contribution in [0.2, 0.25) is 0 Å². The molecule has 27 heavy (non-hydrogen) atoms. The van der Waals surface area contributed by atoms with Crippen LogP contribution in [0.3, 0.4) is 0 Å². The number of methoxy groups -OCH3 is 1. The summed E-state index contributed by atoms with van der Waals surface area (Å²) in [6.07, 6.45) is 2.27. The molecule has 0 fully saturated rings. The second-order valence-electron chi connectivity index (χ2n) is 5.79. The molecule has 0 aliphatic heterocycles. The number of pyridine rings is 1. The summed E-state index contributed by atoms with van der Waals surface area (Å²) in [5, 5.41) is 11.5. The number of rotatable bonds is 6. The number of fused-ring (bicyclic) bond motifs is 3. The fraction of sp³-hybridized carbons (Fsp3) is 0.105. The molecular formula is C19H14N2O5S. The second-order valence-corrected chi connectivity index (χ2v) is 6.87. The van der Waals surface area contributed by atoms with Gasteiger partial charge in [0.2, 0.25) is 0 Å². The van der Waals surface area contributed by atoms with E-state index in [1.807, 2.05) is 12.1 Å². The van der Waals surface area contributed by atoms with Crippen LogP contribution in [0.5, 0.6) is 10.8 Å². The summed E-state index contributed by atoms with van der Waals surface area (Å²) >= 11 is 1.24. The molecule has 0 bridgehead atoms. The zero-order valence-electron chi connectivity index (χ0n) is 14.2. The lowest BCUT2D eigenvalue weighted by Crippen LogP contribution is -2.07. The van der Waals surface area contributed by atoms with Gasteiger partial charge in [0.25, 0.3) is 0 Å². The van der Waals surface area contributed by atoms with Crippen molar-refractivity contribution in [2.24, 2.45) is 0 Å². The molecular weight excluding hydrogens is 368 g/mol. The number of carbonyl (C=O) groups excluding carboxylic acids is 1. The normalized spacial score (nSPS) is 11.1. The molecule has 7 nitrogen and oxygen atoms in total. The van der Waals surface area contributed by atoms with Crippen molar-refractivity contribution < 1.29 is 24.2 Å². The maximum absolute atomic E-state index is 11.6. The summed E-state index contributed by atoms with van der Waals surface area (Å²) in [5.41, 5.74) is 1.90. The Balaban J connectivity index is 1.98. The van der Waals surface area contributed by atoms with Crippen LogP contribution in [-0.2, 0) is 11.3 Å². The molecule has 3 aromatic heterocycles. The van der Waals surface area contributed by atoms with Gasteiger partial charge in [-0.25, -0.2) is 9.78 Å². The number of H-pyrrole nitrogens is 1. The average Bonchev–Trinajstić information content (AvgIpc) is 3.26. The van der Waals surface area contributed by atoms with E-state index >= 15 is 0 Å². The monoisotopic (exact) mass is 382 g/mol. The van der Waals surface area contributed by atoms with Gasteiger partial charge in [0.05, 0.1) is 34.1 Å². The van der Waals surface area contributed by atoms with E-state index in [2.05, 4.69) is 9.97 Å². The van der Waals surface area contributed by atoms with Crippen LogP contribution < -0.4 is 4.74 Å². The topological polar surface area (TPSA) is 102 Å². The lowest BCUT2D eigenvalue weighted by Gasteiger charge is -2.09. The molecule has 1 aromatic carbocycles. The van der Waals surface area contributed by atoms with Crippen LogP contribution in [-0.4, -0.2) is 34.4 Å². The number of carbonyl (C=O) groups is 2. The van der Waals surface area contributed by atoms with E-state index in [1.165, 1.54) is 24.6 Å². The highest BCUT2D eigenvalue weighted by atomic mass is 32.1. The minimum absolute atomic E-state index is 0.0561. The van der Waals surface area contributed by atoms with E-state index in [9.17, 15) is 14.7 Å². The molecule has 0 aliphatic rings. The Kier molecular flexibility index (Phi) is 4.35. The van der Waals surface area contributed by atoms with Gasteiger partial charge in [0, 0.05) is 18.1 Å². The number of hydrogen-bond donors (Lipinski definition) is 2. The van der Waals surface area contributed by atoms with Gasteiger partial charge in [0.15, 0.2) is 17.0 Å². The van der Waals surface area contributed by atoms with Crippen molar-refractivity contribution in [2.45, 2.75) is 6.61 Å². The smallest absolute Gasteiger partial charge is 0.354 e. The molecule has 136 valence electrons. The van der Waals surface area contributed by atoms with Gasteiger partial charge in [0.1, 0.15) is 5.75 Å². The lowest BCUT2D eigenvalue weighted by atomic mass is 10.1. The molecule has 0 saturated carbocycles. The van der Waals surface area contributed by atoms with E-state index < -0.39 is 5.97 Å². The third-order valence-electron chi connectivity index (χ3n) is 4.15. The summed E-state index contributed by atoms with van der Waals surface area (Å²) < 4.78 is 11.2. The van der Waals surface area contributed by atoms with Crippen molar-refractivity contribution in [3.05, 3.63) is 52.7 Å². The van der Waals surface area contributed by atoms with Crippen molar-refractivity contribution in [1.82, 2.24) is 9.97 Å². The second kappa shape index (κ2) is 6.82. The van der Waals surface area contributed by atoms with E-state index in [4.69, 9.17) is 9.47 Å². The Bertz CT molecular complexity index is 1180. The number of carboxylic acids is 1. The van der Waals surface area contributed by atoms with Gasteiger partial charge >= 0.3 is 5.97 Å². The lowest BCUT2D eigenvalue weighted by molar-refractivity contribution is 0.0685. The first kappa shape index (κ1) is 17.2. The number of carboxylic acid groups (broad SMARTS) is 1. The SMILES string of the molecule is COCc1c(C(=O)O)ncc2[nH]c3cccc(Oc4ccc(C=O)s4)c3c12. The van der Waals surface area contributed by atoms with Crippen LogP contribution in [0.4, 0.5) is 0 Å². The Hall–Kier alpha value is -3.23. The van der Waals surface area contributed by atoms with Gasteiger partial charge in [-0.1, -0.05) is 17.4 Å². The van der Waals surface area contributed by atoms with Crippen LogP contribution >= 0.6 is 11.3 Å². The van der Waals surface area contributed by atoms with Crippen molar-refractivity contribution >= 4 is 45.4 Å². The predicted octanol–water partition coefficient (Wildman–Crippen LogP) is 4.23. The quantitative estimate of drug-likeness (QED) is 0.484. The van der Waals surface area contributed by atoms with Crippen molar-refractivity contribution in [3.63, 3.8) is 0 Å². The largest absolute Gasteiger partial charge is 0.477 e. The number of benzene rings is 1. The van der Waals surface area contributed by atoms with E-state index in [-0.39, 0.29) is 12.3 Å². The molecule has 8 heteroatoms. The maximum atomic E-state index is 11.6. The molecule has 0 saturated heterocycles. The first-order valence-corrected chi connectivity index (χ1v) is 8.81. The van der Waals surface area contributed by atoms with Gasteiger partial charge < -0.3 is 19.6 Å². The number of nitrogens with zero attached hydrogens (tertiary/aromatic N) is 1. The molecule has 4 rings (SSSR count). The first-order valence-electron chi connectivity index (χ1n) is 7.99. The highest BCUT2D eigenvalue weighted by molar-refractivity contribution is 7.15. The Morgan fingerprint density at radius 1 is 1.26 bits per heavy atom. The molecule has 0 unspecified atom stereocenters. The maximum Gasteiger partial charge on any atom is 0.354 e. The zero-order valence-corrected chi connectivity index (χ0v) is 15.0. The molecule has 0 atom stereocenters. The number of hydrogen-bond acceptors (Lipinski definition) is 6. The summed E-state index contributed by atoms with van der Waals surface area (Å²) in [4.78, 5) is 30.4. The standard InChI is InChI=1S/C19H14N2O5S/c1-25-9-11-16-13(7-20-18(11)19(23)24)21-12-3-2-4-14(17(12)16)26-15-6-5-10(8-22)27-15/h2-8,21H,9H2,1H3,(H,23,24). The van der Waals surface area contributed by atoms with Gasteiger partial charge in [-0.05, 0) is 24.3 Å². The third-order valence-corrected chi connectivity index (χ3v) is 5.03. The highest BCUT2D eigenvalue weighted by Gasteiger charge is 2.21. The average molecular weight is 382 g/mol.